The molecule has 0 aliphatic rings. The van der Waals surface area contributed by atoms with Gasteiger partial charge in [-0.3, -0.25) is 0 Å². The predicted octanol–water partition coefficient (Wildman–Crippen LogP) is 3.23. The number of benzene rings is 1. The summed E-state index contributed by atoms with van der Waals surface area (Å²) in [5, 5.41) is 3.02. The highest BCUT2D eigenvalue weighted by molar-refractivity contribution is 5.77. The van der Waals surface area contributed by atoms with Gasteiger partial charge in [-0.25, -0.2) is 4.98 Å². The zero-order chi connectivity index (χ0) is 14.1. The molecule has 3 aromatic rings. The van der Waals surface area contributed by atoms with Crippen molar-refractivity contribution in [3.05, 3.63) is 47.5 Å². The molecule has 1 N–H and O–H groups in total. The van der Waals surface area contributed by atoms with Crippen LogP contribution >= 0.6 is 0 Å². The maximum Gasteiger partial charge on any atom is 0.211 e. The van der Waals surface area contributed by atoms with E-state index in [2.05, 4.69) is 47.3 Å². The molecule has 4 heteroatoms. The molecule has 0 bridgehead atoms. The zero-order valence-corrected chi connectivity index (χ0v) is 11.9. The number of hydrogen-bond acceptors (Lipinski definition) is 4. The number of aromatic nitrogens is 2. The van der Waals surface area contributed by atoms with Crippen molar-refractivity contribution in [2.45, 2.75) is 20.4 Å². The normalized spacial score (nSPS) is 11.2. The molecule has 0 saturated heterocycles. The quantitative estimate of drug-likeness (QED) is 0.791. The van der Waals surface area contributed by atoms with Crippen molar-refractivity contribution in [1.82, 2.24) is 15.3 Å². The first-order valence-electron chi connectivity index (χ1n) is 6.65. The molecule has 0 amide bonds. The van der Waals surface area contributed by atoms with Gasteiger partial charge in [0.15, 0.2) is 11.2 Å². The fourth-order valence-electron chi connectivity index (χ4n) is 2.38. The molecule has 0 spiro atoms. The number of hydrogen-bond donors (Lipinski definition) is 1. The summed E-state index contributed by atoms with van der Waals surface area (Å²) in [7, 11) is 1.86. The van der Waals surface area contributed by atoms with Crippen molar-refractivity contribution < 1.29 is 4.42 Å². The number of fused-ring (bicyclic) bond motifs is 1. The standard InChI is InChI=1S/C16H17N3O/c1-10-4-5-13(11(2)6-10)12-7-14-16(18-8-12)19-15(20-14)9-17-3/h4-8,17H,9H2,1-3H3. The van der Waals surface area contributed by atoms with Crippen LogP contribution in [0.5, 0.6) is 0 Å². The van der Waals surface area contributed by atoms with Crippen LogP contribution in [-0.2, 0) is 6.54 Å². The van der Waals surface area contributed by atoms with Gasteiger partial charge in [0.25, 0.3) is 0 Å². The van der Waals surface area contributed by atoms with Gasteiger partial charge in [0.05, 0.1) is 6.54 Å². The van der Waals surface area contributed by atoms with Crippen LogP contribution in [0, 0.1) is 13.8 Å². The fraction of sp³-hybridized carbons (Fsp3) is 0.250. The smallest absolute Gasteiger partial charge is 0.211 e. The Hall–Kier alpha value is -2.20. The number of pyridine rings is 1. The van der Waals surface area contributed by atoms with E-state index < -0.39 is 0 Å². The SMILES string of the molecule is CNCc1nc2ncc(-c3ccc(C)cc3C)cc2o1. The highest BCUT2D eigenvalue weighted by Crippen LogP contribution is 2.26. The average Bonchev–Trinajstić information content (AvgIpc) is 2.80. The molecule has 20 heavy (non-hydrogen) atoms. The summed E-state index contributed by atoms with van der Waals surface area (Å²) in [6, 6.07) is 8.41. The largest absolute Gasteiger partial charge is 0.438 e. The van der Waals surface area contributed by atoms with Crippen LogP contribution in [0.3, 0.4) is 0 Å². The minimum absolute atomic E-state index is 0.606. The summed E-state index contributed by atoms with van der Waals surface area (Å²) < 4.78 is 5.70. The molecule has 2 heterocycles. The van der Waals surface area contributed by atoms with Crippen molar-refractivity contribution in [2.75, 3.05) is 7.05 Å². The summed E-state index contributed by atoms with van der Waals surface area (Å²) in [5.74, 6) is 0.660. The molecular formula is C16H17N3O. The lowest BCUT2D eigenvalue weighted by atomic mass is 10.0. The molecule has 3 rings (SSSR count). The second kappa shape index (κ2) is 5.06. The molecule has 102 valence electrons. The summed E-state index contributed by atoms with van der Waals surface area (Å²) in [5.41, 5.74) is 6.12. The number of nitrogens with zero attached hydrogens (tertiary/aromatic N) is 2. The minimum Gasteiger partial charge on any atom is -0.438 e. The van der Waals surface area contributed by atoms with Crippen LogP contribution in [0.4, 0.5) is 0 Å². The van der Waals surface area contributed by atoms with Crippen molar-refractivity contribution in [2.24, 2.45) is 0 Å². The third kappa shape index (κ3) is 2.30. The van der Waals surface area contributed by atoms with Gasteiger partial charge in [-0.2, -0.15) is 4.98 Å². The molecule has 0 aliphatic carbocycles. The van der Waals surface area contributed by atoms with Gasteiger partial charge < -0.3 is 9.73 Å². The zero-order valence-electron chi connectivity index (χ0n) is 11.9. The van der Waals surface area contributed by atoms with Gasteiger partial charge in [-0.1, -0.05) is 23.8 Å². The second-order valence-corrected chi connectivity index (χ2v) is 5.00. The Labute approximate surface area is 117 Å². The van der Waals surface area contributed by atoms with E-state index in [1.807, 2.05) is 19.3 Å². The van der Waals surface area contributed by atoms with E-state index in [4.69, 9.17) is 4.42 Å². The van der Waals surface area contributed by atoms with Crippen molar-refractivity contribution in [3.8, 4) is 11.1 Å². The average molecular weight is 267 g/mol. The third-order valence-corrected chi connectivity index (χ3v) is 3.31. The third-order valence-electron chi connectivity index (χ3n) is 3.31. The van der Waals surface area contributed by atoms with E-state index in [9.17, 15) is 0 Å². The second-order valence-electron chi connectivity index (χ2n) is 5.00. The van der Waals surface area contributed by atoms with E-state index in [1.165, 1.54) is 16.7 Å². The fourth-order valence-corrected chi connectivity index (χ4v) is 2.38. The van der Waals surface area contributed by atoms with E-state index in [0.717, 1.165) is 11.1 Å². The summed E-state index contributed by atoms with van der Waals surface area (Å²) >= 11 is 0. The first-order valence-corrected chi connectivity index (χ1v) is 6.65. The number of rotatable bonds is 3. The topological polar surface area (TPSA) is 51.0 Å². The summed E-state index contributed by atoms with van der Waals surface area (Å²) in [4.78, 5) is 8.72. The number of oxazole rings is 1. The van der Waals surface area contributed by atoms with Crippen LogP contribution in [0.15, 0.2) is 34.9 Å². The Bertz CT molecular complexity index is 762. The first kappa shape index (κ1) is 12.8. The molecule has 0 radical (unpaired) electrons. The Kier molecular flexibility index (Phi) is 3.24. The van der Waals surface area contributed by atoms with Crippen LogP contribution in [0.2, 0.25) is 0 Å². The van der Waals surface area contributed by atoms with Crippen LogP contribution in [0.25, 0.3) is 22.4 Å². The Morgan fingerprint density at radius 2 is 2.05 bits per heavy atom. The molecule has 0 fully saturated rings. The number of nitrogens with one attached hydrogen (secondary N) is 1. The molecule has 4 nitrogen and oxygen atoms in total. The van der Waals surface area contributed by atoms with Gasteiger partial charge in [-0.15, -0.1) is 0 Å². The summed E-state index contributed by atoms with van der Waals surface area (Å²) in [6.45, 7) is 4.81. The molecule has 0 unspecified atom stereocenters. The van der Waals surface area contributed by atoms with Gasteiger partial charge in [0.2, 0.25) is 5.89 Å². The first-order chi connectivity index (χ1) is 9.67. The van der Waals surface area contributed by atoms with E-state index in [1.54, 1.807) is 0 Å². The monoisotopic (exact) mass is 267 g/mol. The van der Waals surface area contributed by atoms with Crippen LogP contribution < -0.4 is 5.32 Å². The highest BCUT2D eigenvalue weighted by atomic mass is 16.3. The predicted molar refractivity (Wildman–Crippen MR) is 79.5 cm³/mol. The number of aryl methyl sites for hydroxylation is 2. The molecule has 1 aromatic carbocycles. The van der Waals surface area contributed by atoms with Crippen LogP contribution in [-0.4, -0.2) is 17.0 Å². The van der Waals surface area contributed by atoms with Crippen LogP contribution in [0.1, 0.15) is 17.0 Å². The maximum atomic E-state index is 5.70. The highest BCUT2D eigenvalue weighted by Gasteiger charge is 2.09. The van der Waals surface area contributed by atoms with Gasteiger partial charge in [0.1, 0.15) is 0 Å². The van der Waals surface area contributed by atoms with Gasteiger partial charge >= 0.3 is 0 Å². The molecule has 0 aliphatic heterocycles. The Morgan fingerprint density at radius 3 is 2.80 bits per heavy atom. The molecule has 0 atom stereocenters. The Morgan fingerprint density at radius 1 is 1.20 bits per heavy atom. The van der Waals surface area contributed by atoms with E-state index in [-0.39, 0.29) is 0 Å². The molecule has 2 aromatic heterocycles. The van der Waals surface area contributed by atoms with E-state index in [0.29, 0.717) is 18.1 Å². The maximum absolute atomic E-state index is 5.70. The lowest BCUT2D eigenvalue weighted by Crippen LogP contribution is -2.04. The van der Waals surface area contributed by atoms with Gasteiger partial charge in [-0.05, 0) is 38.1 Å². The lowest BCUT2D eigenvalue weighted by molar-refractivity contribution is 0.511. The Balaban J connectivity index is 2.07. The molecular weight excluding hydrogens is 250 g/mol. The van der Waals surface area contributed by atoms with Crippen molar-refractivity contribution >= 4 is 11.2 Å². The van der Waals surface area contributed by atoms with Gasteiger partial charge in [0, 0.05) is 11.8 Å². The van der Waals surface area contributed by atoms with Crippen molar-refractivity contribution in [1.29, 1.82) is 0 Å². The van der Waals surface area contributed by atoms with Crippen molar-refractivity contribution in [3.63, 3.8) is 0 Å². The molecule has 0 saturated carbocycles. The minimum atomic E-state index is 0.606. The lowest BCUT2D eigenvalue weighted by Gasteiger charge is -2.06. The van der Waals surface area contributed by atoms with E-state index >= 15 is 0 Å². The summed E-state index contributed by atoms with van der Waals surface area (Å²) in [6.07, 6.45) is 1.85.